The Morgan fingerprint density at radius 2 is 1.60 bits per heavy atom. The number of methoxy groups -OCH3 is 3. The third-order valence-corrected chi connectivity index (χ3v) is 5.01. The van der Waals surface area contributed by atoms with E-state index >= 15 is 0 Å². The summed E-state index contributed by atoms with van der Waals surface area (Å²) in [5.41, 5.74) is 4.03. The van der Waals surface area contributed by atoms with Gasteiger partial charge in [-0.15, -0.1) is 0 Å². The summed E-state index contributed by atoms with van der Waals surface area (Å²) in [6.45, 7) is 4.66. The van der Waals surface area contributed by atoms with Gasteiger partial charge >= 0.3 is 0 Å². The van der Waals surface area contributed by atoms with Crippen molar-refractivity contribution in [1.82, 2.24) is 15.1 Å². The lowest BCUT2D eigenvalue weighted by molar-refractivity contribution is 0.0949. The third-order valence-electron chi connectivity index (χ3n) is 5.01. The van der Waals surface area contributed by atoms with Crippen LogP contribution < -0.4 is 19.5 Å². The highest BCUT2D eigenvalue weighted by molar-refractivity contribution is 5.96. The second-order valence-electron chi connectivity index (χ2n) is 6.89. The van der Waals surface area contributed by atoms with E-state index in [0.29, 0.717) is 35.1 Å². The number of aromatic nitrogens is 2. The highest BCUT2D eigenvalue weighted by Gasteiger charge is 2.20. The van der Waals surface area contributed by atoms with E-state index in [2.05, 4.69) is 10.4 Å². The van der Waals surface area contributed by atoms with Gasteiger partial charge < -0.3 is 19.5 Å². The molecule has 1 aromatic heterocycles. The van der Waals surface area contributed by atoms with E-state index in [-0.39, 0.29) is 12.5 Å². The molecule has 0 radical (unpaired) electrons. The number of aryl methyl sites for hydroxylation is 1. The number of carbonyl (C=O) groups excluding carboxylic acids is 1. The van der Waals surface area contributed by atoms with Gasteiger partial charge in [0.2, 0.25) is 0 Å². The number of hydrogen-bond donors (Lipinski definition) is 1. The Labute approximate surface area is 176 Å². The van der Waals surface area contributed by atoms with Gasteiger partial charge in [-0.3, -0.25) is 9.48 Å². The number of rotatable bonds is 8. The molecule has 0 aliphatic heterocycles. The quantitative estimate of drug-likeness (QED) is 0.616. The Bertz CT molecular complexity index is 1030. The highest BCUT2D eigenvalue weighted by atomic mass is 16.5. The van der Waals surface area contributed by atoms with Crippen LogP contribution in [0.25, 0.3) is 0 Å². The molecule has 0 unspecified atom stereocenters. The first-order valence-corrected chi connectivity index (χ1v) is 9.63. The molecule has 0 aliphatic rings. The molecule has 0 atom stereocenters. The fourth-order valence-corrected chi connectivity index (χ4v) is 3.43. The summed E-state index contributed by atoms with van der Waals surface area (Å²) in [5.74, 6) is 1.58. The molecule has 0 spiro atoms. The number of benzene rings is 2. The van der Waals surface area contributed by atoms with E-state index in [4.69, 9.17) is 14.2 Å². The number of hydrogen-bond acceptors (Lipinski definition) is 5. The number of nitrogens with one attached hydrogen (secondary N) is 1. The summed E-state index contributed by atoms with van der Waals surface area (Å²) in [5, 5.41) is 7.53. The number of ether oxygens (including phenoxy) is 3. The lowest BCUT2D eigenvalue weighted by Crippen LogP contribution is -2.24. The van der Waals surface area contributed by atoms with Gasteiger partial charge in [-0.25, -0.2) is 0 Å². The van der Waals surface area contributed by atoms with Gasteiger partial charge in [0.15, 0.2) is 11.5 Å². The van der Waals surface area contributed by atoms with E-state index in [1.165, 1.54) is 0 Å². The molecule has 30 heavy (non-hydrogen) atoms. The predicted molar refractivity (Wildman–Crippen MR) is 115 cm³/mol. The maximum atomic E-state index is 12.9. The van der Waals surface area contributed by atoms with Crippen LogP contribution in [0.15, 0.2) is 42.5 Å². The van der Waals surface area contributed by atoms with Gasteiger partial charge in [-0.05, 0) is 25.5 Å². The van der Waals surface area contributed by atoms with E-state index in [1.54, 1.807) is 33.5 Å². The Balaban J connectivity index is 1.79. The molecule has 0 saturated heterocycles. The van der Waals surface area contributed by atoms with Crippen molar-refractivity contribution in [3.63, 3.8) is 0 Å². The SMILES string of the molecule is COc1cc(OC)c(OC)cc1CNC(=O)c1c(C)nn(Cc2ccccc2)c1C. The Morgan fingerprint density at radius 3 is 2.23 bits per heavy atom. The fourth-order valence-electron chi connectivity index (χ4n) is 3.43. The zero-order valence-corrected chi connectivity index (χ0v) is 18.0. The normalized spacial score (nSPS) is 10.6. The smallest absolute Gasteiger partial charge is 0.255 e. The Hall–Kier alpha value is -3.48. The zero-order chi connectivity index (χ0) is 21.7. The molecule has 1 N–H and O–H groups in total. The summed E-state index contributed by atoms with van der Waals surface area (Å²) >= 11 is 0. The van der Waals surface area contributed by atoms with Crippen LogP contribution in [-0.2, 0) is 13.1 Å². The molecule has 0 fully saturated rings. The standard InChI is InChI=1S/C23H27N3O4/c1-15-22(16(2)26(25-15)14-17-9-7-6-8-10-17)23(27)24-13-18-11-20(29-4)21(30-5)12-19(18)28-3/h6-12H,13-14H2,1-5H3,(H,24,27). The second kappa shape index (κ2) is 9.35. The lowest BCUT2D eigenvalue weighted by atomic mass is 10.1. The highest BCUT2D eigenvalue weighted by Crippen LogP contribution is 2.34. The third kappa shape index (κ3) is 4.40. The van der Waals surface area contributed by atoms with Gasteiger partial charge in [0.05, 0.1) is 39.1 Å². The van der Waals surface area contributed by atoms with Crippen molar-refractivity contribution in [2.75, 3.05) is 21.3 Å². The number of amides is 1. The fraction of sp³-hybridized carbons (Fsp3) is 0.304. The molecule has 2 aromatic carbocycles. The summed E-state index contributed by atoms with van der Waals surface area (Å²) in [4.78, 5) is 12.9. The van der Waals surface area contributed by atoms with Crippen LogP contribution in [0.5, 0.6) is 17.2 Å². The number of nitrogens with zero attached hydrogens (tertiary/aromatic N) is 2. The van der Waals surface area contributed by atoms with E-state index in [0.717, 1.165) is 16.8 Å². The van der Waals surface area contributed by atoms with Crippen molar-refractivity contribution in [2.24, 2.45) is 0 Å². The molecule has 1 heterocycles. The van der Waals surface area contributed by atoms with Crippen molar-refractivity contribution in [2.45, 2.75) is 26.9 Å². The molecular formula is C23H27N3O4. The summed E-state index contributed by atoms with van der Waals surface area (Å²) in [6, 6.07) is 13.6. The van der Waals surface area contributed by atoms with Gasteiger partial charge in [0, 0.05) is 23.9 Å². The first kappa shape index (κ1) is 21.2. The van der Waals surface area contributed by atoms with Crippen LogP contribution in [0.2, 0.25) is 0 Å². The molecule has 7 heteroatoms. The number of carbonyl (C=O) groups is 1. The average molecular weight is 409 g/mol. The Morgan fingerprint density at radius 1 is 0.967 bits per heavy atom. The monoisotopic (exact) mass is 409 g/mol. The first-order valence-electron chi connectivity index (χ1n) is 9.63. The average Bonchev–Trinajstić information content (AvgIpc) is 3.04. The van der Waals surface area contributed by atoms with E-state index in [9.17, 15) is 4.79 Å². The zero-order valence-electron chi connectivity index (χ0n) is 18.0. The molecule has 1 amide bonds. The first-order chi connectivity index (χ1) is 14.5. The predicted octanol–water partition coefficient (Wildman–Crippen LogP) is 3.50. The van der Waals surface area contributed by atoms with Crippen molar-refractivity contribution in [1.29, 1.82) is 0 Å². The molecule has 0 bridgehead atoms. The summed E-state index contributed by atoms with van der Waals surface area (Å²) in [6.07, 6.45) is 0. The van der Waals surface area contributed by atoms with Crippen LogP contribution in [0.4, 0.5) is 0 Å². The summed E-state index contributed by atoms with van der Waals surface area (Å²) in [7, 11) is 4.71. The van der Waals surface area contributed by atoms with Gasteiger partial charge in [0.25, 0.3) is 5.91 Å². The Kier molecular flexibility index (Phi) is 6.61. The largest absolute Gasteiger partial charge is 0.496 e. The molecule has 158 valence electrons. The minimum Gasteiger partial charge on any atom is -0.496 e. The summed E-state index contributed by atoms with van der Waals surface area (Å²) < 4.78 is 18.0. The van der Waals surface area contributed by atoms with Gasteiger partial charge in [-0.1, -0.05) is 30.3 Å². The molecule has 0 saturated carbocycles. The van der Waals surface area contributed by atoms with Crippen LogP contribution in [0.1, 0.15) is 32.9 Å². The minimum atomic E-state index is -0.179. The molecule has 0 aliphatic carbocycles. The van der Waals surface area contributed by atoms with Crippen LogP contribution >= 0.6 is 0 Å². The van der Waals surface area contributed by atoms with Crippen LogP contribution in [0, 0.1) is 13.8 Å². The lowest BCUT2D eigenvalue weighted by Gasteiger charge is -2.14. The topological polar surface area (TPSA) is 74.6 Å². The second-order valence-corrected chi connectivity index (χ2v) is 6.89. The molecule has 3 rings (SSSR count). The van der Waals surface area contributed by atoms with Gasteiger partial charge in [0.1, 0.15) is 5.75 Å². The van der Waals surface area contributed by atoms with Gasteiger partial charge in [-0.2, -0.15) is 5.10 Å². The van der Waals surface area contributed by atoms with Crippen molar-refractivity contribution < 1.29 is 19.0 Å². The van der Waals surface area contributed by atoms with Crippen molar-refractivity contribution in [3.8, 4) is 17.2 Å². The van der Waals surface area contributed by atoms with Crippen LogP contribution in [0.3, 0.4) is 0 Å². The molecular weight excluding hydrogens is 382 g/mol. The minimum absolute atomic E-state index is 0.179. The van der Waals surface area contributed by atoms with Crippen molar-refractivity contribution >= 4 is 5.91 Å². The van der Waals surface area contributed by atoms with Crippen molar-refractivity contribution in [3.05, 3.63) is 70.5 Å². The molecule has 3 aromatic rings. The molecule has 7 nitrogen and oxygen atoms in total. The maximum absolute atomic E-state index is 12.9. The van der Waals surface area contributed by atoms with Crippen LogP contribution in [-0.4, -0.2) is 37.0 Å². The van der Waals surface area contributed by atoms with E-state index < -0.39 is 0 Å². The van der Waals surface area contributed by atoms with E-state index in [1.807, 2.05) is 48.9 Å². The maximum Gasteiger partial charge on any atom is 0.255 e.